The lowest BCUT2D eigenvalue weighted by Crippen LogP contribution is -2.04. The van der Waals surface area contributed by atoms with Crippen molar-refractivity contribution in [2.24, 2.45) is 0 Å². The normalized spacial score (nSPS) is 13.3. The molecule has 4 rings (SSSR count). The fraction of sp³-hybridized carbons (Fsp3) is 0.211. The Morgan fingerprint density at radius 2 is 2.00 bits per heavy atom. The van der Waals surface area contributed by atoms with Gasteiger partial charge in [0.25, 0.3) is 5.69 Å². The Labute approximate surface area is 164 Å². The maximum Gasteiger partial charge on any atom is 0.339 e. The Hall–Kier alpha value is -3.20. The smallest absolute Gasteiger partial charge is 0.339 e. The molecule has 0 radical (unpaired) electrons. The minimum atomic E-state index is -0.642. The molecule has 142 valence electrons. The Bertz CT molecular complexity index is 1050. The molecule has 9 heteroatoms. The fourth-order valence-electron chi connectivity index (χ4n) is 2.80. The number of hydrogen-bond acceptors (Lipinski definition) is 7. The van der Waals surface area contributed by atoms with Gasteiger partial charge in [-0.2, -0.15) is 0 Å². The number of para-hydroxylation sites is 1. The number of nitrogens with zero attached hydrogens (tertiary/aromatic N) is 4. The summed E-state index contributed by atoms with van der Waals surface area (Å²) in [5.74, 6) is 0.616. The summed E-state index contributed by atoms with van der Waals surface area (Å²) in [4.78, 5) is 27.8. The third-order valence-corrected chi connectivity index (χ3v) is 5.27. The molecular formula is C19H16N4O4S. The molecule has 1 aromatic heterocycles. The minimum Gasteiger partial charge on any atom is -0.465 e. The van der Waals surface area contributed by atoms with Crippen molar-refractivity contribution < 1.29 is 14.5 Å². The number of hydrogen-bond donors (Lipinski definition) is 0. The van der Waals surface area contributed by atoms with Crippen molar-refractivity contribution >= 4 is 23.4 Å². The lowest BCUT2D eigenvalue weighted by molar-refractivity contribution is -0.384. The van der Waals surface area contributed by atoms with E-state index in [4.69, 9.17) is 4.74 Å². The van der Waals surface area contributed by atoms with Crippen LogP contribution in [-0.2, 0) is 4.74 Å². The number of benzene rings is 2. The van der Waals surface area contributed by atoms with Gasteiger partial charge < -0.3 is 4.74 Å². The quantitative estimate of drug-likeness (QED) is 0.353. The van der Waals surface area contributed by atoms with Crippen LogP contribution in [0.2, 0.25) is 0 Å². The van der Waals surface area contributed by atoms with Crippen LogP contribution in [0.25, 0.3) is 5.69 Å². The number of carbonyl (C=O) groups excluding carboxylic acids is 1. The molecule has 1 saturated carbocycles. The van der Waals surface area contributed by atoms with E-state index in [1.54, 1.807) is 0 Å². The molecule has 0 amide bonds. The summed E-state index contributed by atoms with van der Waals surface area (Å²) in [6.07, 6.45) is 2.14. The Morgan fingerprint density at radius 3 is 2.64 bits per heavy atom. The number of esters is 1. The van der Waals surface area contributed by atoms with E-state index in [-0.39, 0.29) is 11.3 Å². The largest absolute Gasteiger partial charge is 0.465 e. The van der Waals surface area contributed by atoms with E-state index in [0.717, 1.165) is 24.4 Å². The highest BCUT2D eigenvalue weighted by Crippen LogP contribution is 2.41. The van der Waals surface area contributed by atoms with Gasteiger partial charge in [0.2, 0.25) is 5.16 Å². The first-order valence-corrected chi connectivity index (χ1v) is 9.45. The van der Waals surface area contributed by atoms with Gasteiger partial charge in [-0.05, 0) is 42.8 Å². The van der Waals surface area contributed by atoms with Gasteiger partial charge in [-0.1, -0.05) is 18.2 Å². The second-order valence-corrected chi connectivity index (χ2v) is 7.31. The van der Waals surface area contributed by atoms with Gasteiger partial charge in [-0.15, -0.1) is 5.10 Å². The highest BCUT2D eigenvalue weighted by atomic mass is 32.2. The number of aromatic nitrogens is 3. The predicted octanol–water partition coefficient (Wildman–Crippen LogP) is 3.99. The van der Waals surface area contributed by atoms with E-state index in [9.17, 15) is 14.9 Å². The Balaban J connectivity index is 1.72. The molecule has 2 aromatic carbocycles. The first-order chi connectivity index (χ1) is 13.6. The van der Waals surface area contributed by atoms with Crippen LogP contribution in [0.3, 0.4) is 0 Å². The molecule has 0 atom stereocenters. The summed E-state index contributed by atoms with van der Waals surface area (Å²) in [7, 11) is 1.24. The molecular weight excluding hydrogens is 380 g/mol. The van der Waals surface area contributed by atoms with Crippen LogP contribution in [0.4, 0.5) is 5.69 Å². The zero-order valence-corrected chi connectivity index (χ0v) is 15.8. The topological polar surface area (TPSA) is 100 Å². The lowest BCUT2D eigenvalue weighted by atomic mass is 10.2. The third kappa shape index (κ3) is 3.61. The lowest BCUT2D eigenvalue weighted by Gasteiger charge is -2.05. The van der Waals surface area contributed by atoms with E-state index in [1.165, 1.54) is 37.1 Å². The average molecular weight is 396 g/mol. The number of nitro benzene ring substituents is 1. The molecule has 8 nitrogen and oxygen atoms in total. The summed E-state index contributed by atoms with van der Waals surface area (Å²) < 4.78 is 6.60. The maximum atomic E-state index is 12.1. The van der Waals surface area contributed by atoms with Gasteiger partial charge in [0, 0.05) is 22.9 Å². The average Bonchev–Trinajstić information content (AvgIpc) is 3.48. The van der Waals surface area contributed by atoms with Crippen LogP contribution in [-0.4, -0.2) is 32.8 Å². The molecule has 1 fully saturated rings. The predicted molar refractivity (Wildman–Crippen MR) is 102 cm³/mol. The van der Waals surface area contributed by atoms with Gasteiger partial charge in [-0.3, -0.25) is 10.1 Å². The standard InChI is InChI=1S/C19H16N4O4S/c1-27-18(24)15-11-14(23(25)26)9-10-16(15)28-19-20-17(12-7-8-12)22(21-19)13-5-3-2-4-6-13/h2-6,9-12H,7-8H2,1H3. The van der Waals surface area contributed by atoms with Crippen LogP contribution >= 0.6 is 11.8 Å². The fourth-order valence-corrected chi connectivity index (χ4v) is 3.65. The maximum absolute atomic E-state index is 12.1. The van der Waals surface area contributed by atoms with Crippen molar-refractivity contribution in [1.82, 2.24) is 14.8 Å². The molecule has 0 aliphatic heterocycles. The van der Waals surface area contributed by atoms with Crippen molar-refractivity contribution in [3.63, 3.8) is 0 Å². The van der Waals surface area contributed by atoms with Crippen LogP contribution in [0.5, 0.6) is 0 Å². The summed E-state index contributed by atoms with van der Waals surface area (Å²) in [5.41, 5.74) is 0.859. The summed E-state index contributed by atoms with van der Waals surface area (Å²) in [6, 6.07) is 13.8. The second-order valence-electron chi connectivity index (χ2n) is 6.31. The molecule has 1 aliphatic carbocycles. The van der Waals surface area contributed by atoms with Crippen molar-refractivity contribution in [2.45, 2.75) is 28.8 Å². The van der Waals surface area contributed by atoms with Crippen molar-refractivity contribution in [2.75, 3.05) is 7.11 Å². The van der Waals surface area contributed by atoms with Gasteiger partial charge in [0.05, 0.1) is 23.3 Å². The van der Waals surface area contributed by atoms with E-state index in [0.29, 0.717) is 16.0 Å². The highest BCUT2D eigenvalue weighted by Gasteiger charge is 2.31. The monoisotopic (exact) mass is 396 g/mol. The van der Waals surface area contributed by atoms with Crippen LogP contribution in [0.1, 0.15) is 34.9 Å². The first-order valence-electron chi connectivity index (χ1n) is 8.64. The number of methoxy groups -OCH3 is 1. The van der Waals surface area contributed by atoms with E-state index < -0.39 is 10.9 Å². The molecule has 0 bridgehead atoms. The Morgan fingerprint density at radius 1 is 1.25 bits per heavy atom. The number of carbonyl (C=O) groups is 1. The summed E-state index contributed by atoms with van der Waals surface area (Å²) in [6.45, 7) is 0. The van der Waals surface area contributed by atoms with E-state index in [2.05, 4.69) is 10.1 Å². The van der Waals surface area contributed by atoms with Crippen molar-refractivity contribution in [1.29, 1.82) is 0 Å². The number of ether oxygens (including phenoxy) is 1. The molecule has 0 spiro atoms. The summed E-state index contributed by atoms with van der Waals surface area (Å²) >= 11 is 1.19. The second kappa shape index (κ2) is 7.43. The van der Waals surface area contributed by atoms with Crippen molar-refractivity contribution in [3.8, 4) is 5.69 Å². The van der Waals surface area contributed by atoms with Gasteiger partial charge >= 0.3 is 5.97 Å². The van der Waals surface area contributed by atoms with Gasteiger partial charge in [0.1, 0.15) is 5.82 Å². The third-order valence-electron chi connectivity index (χ3n) is 4.34. The van der Waals surface area contributed by atoms with Crippen LogP contribution < -0.4 is 0 Å². The number of non-ortho nitro benzene ring substituents is 1. The Kier molecular flexibility index (Phi) is 4.82. The van der Waals surface area contributed by atoms with Crippen LogP contribution in [0.15, 0.2) is 58.6 Å². The molecule has 0 unspecified atom stereocenters. The molecule has 28 heavy (non-hydrogen) atoms. The first kappa shape index (κ1) is 18.2. The van der Waals surface area contributed by atoms with Crippen molar-refractivity contribution in [3.05, 3.63) is 70.0 Å². The number of nitro groups is 1. The minimum absolute atomic E-state index is 0.116. The zero-order valence-electron chi connectivity index (χ0n) is 14.9. The molecule has 3 aromatic rings. The number of rotatable bonds is 6. The van der Waals surface area contributed by atoms with E-state index >= 15 is 0 Å². The molecule has 1 heterocycles. The van der Waals surface area contributed by atoms with E-state index in [1.807, 2.05) is 35.0 Å². The van der Waals surface area contributed by atoms with Crippen LogP contribution in [0, 0.1) is 10.1 Å². The molecule has 0 N–H and O–H groups in total. The highest BCUT2D eigenvalue weighted by molar-refractivity contribution is 7.99. The zero-order chi connectivity index (χ0) is 19.7. The van der Waals surface area contributed by atoms with Gasteiger partial charge in [0.15, 0.2) is 0 Å². The SMILES string of the molecule is COC(=O)c1cc([N+](=O)[O-])ccc1Sc1nc(C2CC2)n(-c2ccccc2)n1. The molecule has 0 saturated heterocycles. The van der Waals surface area contributed by atoms with Gasteiger partial charge in [-0.25, -0.2) is 14.5 Å². The molecule has 1 aliphatic rings. The summed E-state index contributed by atoms with van der Waals surface area (Å²) in [5, 5.41) is 16.1.